The van der Waals surface area contributed by atoms with Crippen LogP contribution in [0.4, 0.5) is 0 Å². The van der Waals surface area contributed by atoms with Crippen molar-refractivity contribution >= 4 is 11.9 Å². The normalized spacial score (nSPS) is 11.2. The first-order valence-corrected chi connectivity index (χ1v) is 17.9. The number of aromatic amines is 3. The van der Waals surface area contributed by atoms with E-state index in [0.717, 1.165) is 76.3 Å². The molecule has 5 aromatic rings. The van der Waals surface area contributed by atoms with Crippen molar-refractivity contribution in [2.45, 2.75) is 99.2 Å². The standard InChI is InChI=1S/C42H51N3O5/c1-6-16-33-27(4)39(41(47)49-25-29-17-11-9-12-18-29)44-37(33)23-35-31(7-2)32(8-3)36(43-35)24-38-34(21-15-22-46)28(5)40(45-38)42(48)50-26-30-19-13-10-14-20-30/h9-14,17-20,43-46H,6-8,15-16,21-26H2,1-5H3. The van der Waals surface area contributed by atoms with Crippen LogP contribution in [0.5, 0.6) is 0 Å². The number of benzene rings is 2. The Labute approximate surface area is 295 Å². The van der Waals surface area contributed by atoms with E-state index < -0.39 is 0 Å². The molecule has 0 atom stereocenters. The van der Waals surface area contributed by atoms with Gasteiger partial charge >= 0.3 is 11.9 Å². The minimum atomic E-state index is -0.386. The summed E-state index contributed by atoms with van der Waals surface area (Å²) in [5.41, 5.74) is 13.7. The van der Waals surface area contributed by atoms with E-state index in [-0.39, 0.29) is 31.8 Å². The monoisotopic (exact) mass is 677 g/mol. The summed E-state index contributed by atoms with van der Waals surface area (Å²) in [4.78, 5) is 37.3. The lowest BCUT2D eigenvalue weighted by molar-refractivity contribution is 0.0457. The second kappa shape index (κ2) is 17.2. The highest BCUT2D eigenvalue weighted by molar-refractivity contribution is 5.90. The van der Waals surface area contributed by atoms with Crippen LogP contribution in [-0.4, -0.2) is 38.6 Å². The molecule has 0 radical (unpaired) electrons. The second-order valence-corrected chi connectivity index (χ2v) is 13.0. The number of aliphatic hydroxyl groups is 1. The molecule has 4 N–H and O–H groups in total. The van der Waals surface area contributed by atoms with Crippen LogP contribution in [0.1, 0.15) is 122 Å². The fourth-order valence-corrected chi connectivity index (χ4v) is 7.08. The van der Waals surface area contributed by atoms with Crippen LogP contribution in [-0.2, 0) is 61.2 Å². The molecular weight excluding hydrogens is 626 g/mol. The average molecular weight is 678 g/mol. The van der Waals surface area contributed by atoms with E-state index in [1.165, 1.54) is 16.7 Å². The molecule has 5 rings (SSSR count). The van der Waals surface area contributed by atoms with E-state index >= 15 is 0 Å². The van der Waals surface area contributed by atoms with E-state index in [1.807, 2.05) is 74.5 Å². The quantitative estimate of drug-likeness (QED) is 0.0740. The molecule has 0 amide bonds. The summed E-state index contributed by atoms with van der Waals surface area (Å²) in [6, 6.07) is 19.4. The van der Waals surface area contributed by atoms with E-state index in [0.29, 0.717) is 37.1 Å². The zero-order chi connectivity index (χ0) is 35.6. The summed E-state index contributed by atoms with van der Waals surface area (Å²) in [5.74, 6) is -0.730. The topological polar surface area (TPSA) is 120 Å². The number of carbonyl (C=O) groups excluding carboxylic acids is 2. The maximum Gasteiger partial charge on any atom is 0.355 e. The summed E-state index contributed by atoms with van der Waals surface area (Å²) in [6.45, 7) is 11.0. The minimum absolute atomic E-state index is 0.0716. The first-order valence-electron chi connectivity index (χ1n) is 17.9. The molecule has 8 nitrogen and oxygen atoms in total. The maximum absolute atomic E-state index is 13.3. The van der Waals surface area contributed by atoms with Crippen molar-refractivity contribution in [3.63, 3.8) is 0 Å². The Morgan fingerprint density at radius 3 is 1.42 bits per heavy atom. The van der Waals surface area contributed by atoms with Gasteiger partial charge in [-0.05, 0) is 90.5 Å². The van der Waals surface area contributed by atoms with Gasteiger partial charge in [-0.25, -0.2) is 9.59 Å². The summed E-state index contributed by atoms with van der Waals surface area (Å²) in [7, 11) is 0. The van der Waals surface area contributed by atoms with Crippen LogP contribution in [0.3, 0.4) is 0 Å². The number of nitrogens with one attached hydrogen (secondary N) is 3. The Balaban J connectivity index is 1.43. The largest absolute Gasteiger partial charge is 0.456 e. The molecule has 0 unspecified atom stereocenters. The fraction of sp³-hybridized carbons (Fsp3) is 0.381. The van der Waals surface area contributed by atoms with Crippen molar-refractivity contribution in [1.82, 2.24) is 15.0 Å². The molecular formula is C42H51N3O5. The molecule has 50 heavy (non-hydrogen) atoms. The van der Waals surface area contributed by atoms with E-state index in [2.05, 4.69) is 35.7 Å². The Kier molecular flexibility index (Phi) is 12.6. The van der Waals surface area contributed by atoms with E-state index in [9.17, 15) is 14.7 Å². The van der Waals surface area contributed by atoms with Gasteiger partial charge in [0.1, 0.15) is 24.6 Å². The number of esters is 2. The van der Waals surface area contributed by atoms with Gasteiger partial charge in [-0.3, -0.25) is 0 Å². The average Bonchev–Trinajstić information content (AvgIpc) is 3.75. The van der Waals surface area contributed by atoms with Crippen LogP contribution in [0.15, 0.2) is 60.7 Å². The number of rotatable bonds is 17. The Hall–Kier alpha value is -4.82. The number of hydrogen-bond acceptors (Lipinski definition) is 5. The van der Waals surface area contributed by atoms with Crippen molar-refractivity contribution in [1.29, 1.82) is 0 Å². The number of carbonyl (C=O) groups is 2. The molecule has 0 aliphatic carbocycles. The molecule has 8 heteroatoms. The smallest absolute Gasteiger partial charge is 0.355 e. The van der Waals surface area contributed by atoms with E-state index in [1.54, 1.807) is 0 Å². The first kappa shape index (κ1) is 36.5. The number of ether oxygens (including phenoxy) is 2. The molecule has 3 aromatic heterocycles. The predicted molar refractivity (Wildman–Crippen MR) is 197 cm³/mol. The van der Waals surface area contributed by atoms with Crippen LogP contribution < -0.4 is 0 Å². The lowest BCUT2D eigenvalue weighted by atomic mass is 9.97. The molecule has 0 bridgehead atoms. The zero-order valence-corrected chi connectivity index (χ0v) is 30.1. The van der Waals surface area contributed by atoms with Crippen molar-refractivity contribution in [2.24, 2.45) is 0 Å². The number of aliphatic hydroxyl groups excluding tert-OH is 1. The van der Waals surface area contributed by atoms with Gasteiger partial charge in [-0.15, -0.1) is 0 Å². The third-order valence-corrected chi connectivity index (χ3v) is 9.66. The lowest BCUT2D eigenvalue weighted by Gasteiger charge is -2.07. The third kappa shape index (κ3) is 8.30. The van der Waals surface area contributed by atoms with Gasteiger partial charge in [0.05, 0.1) is 0 Å². The molecule has 264 valence electrons. The molecule has 0 aliphatic heterocycles. The minimum Gasteiger partial charge on any atom is -0.456 e. The first-order chi connectivity index (χ1) is 24.3. The highest BCUT2D eigenvalue weighted by atomic mass is 16.5. The zero-order valence-electron chi connectivity index (χ0n) is 30.1. The molecule has 2 aromatic carbocycles. The maximum atomic E-state index is 13.3. The molecule has 0 spiro atoms. The van der Waals surface area contributed by atoms with Gasteiger partial charge in [0.15, 0.2) is 0 Å². The molecule has 0 fully saturated rings. The summed E-state index contributed by atoms with van der Waals surface area (Å²) >= 11 is 0. The van der Waals surface area contributed by atoms with Crippen molar-refractivity contribution < 1.29 is 24.2 Å². The Morgan fingerprint density at radius 1 is 0.600 bits per heavy atom. The summed E-state index contributed by atoms with van der Waals surface area (Å²) < 4.78 is 11.4. The summed E-state index contributed by atoms with van der Waals surface area (Å²) in [6.07, 6.45) is 6.02. The lowest BCUT2D eigenvalue weighted by Crippen LogP contribution is -2.07. The molecule has 0 aliphatic rings. The van der Waals surface area contributed by atoms with Crippen LogP contribution in [0, 0.1) is 13.8 Å². The van der Waals surface area contributed by atoms with Gasteiger partial charge in [-0.1, -0.05) is 87.9 Å². The van der Waals surface area contributed by atoms with Crippen LogP contribution in [0.25, 0.3) is 0 Å². The van der Waals surface area contributed by atoms with Crippen molar-refractivity contribution in [3.8, 4) is 0 Å². The van der Waals surface area contributed by atoms with Crippen LogP contribution >= 0.6 is 0 Å². The molecule has 0 saturated carbocycles. The van der Waals surface area contributed by atoms with Gasteiger partial charge < -0.3 is 29.5 Å². The van der Waals surface area contributed by atoms with Gasteiger partial charge in [-0.2, -0.15) is 0 Å². The van der Waals surface area contributed by atoms with E-state index in [4.69, 9.17) is 9.47 Å². The number of hydrogen-bond donors (Lipinski definition) is 4. The number of aromatic nitrogens is 3. The van der Waals surface area contributed by atoms with Crippen LogP contribution in [0.2, 0.25) is 0 Å². The Bertz CT molecular complexity index is 1880. The van der Waals surface area contributed by atoms with Crippen molar-refractivity contribution in [2.75, 3.05) is 6.61 Å². The highest BCUT2D eigenvalue weighted by Gasteiger charge is 2.25. The fourth-order valence-electron chi connectivity index (χ4n) is 7.08. The third-order valence-electron chi connectivity index (χ3n) is 9.66. The van der Waals surface area contributed by atoms with Gasteiger partial charge in [0.2, 0.25) is 0 Å². The Morgan fingerprint density at radius 2 is 1.02 bits per heavy atom. The van der Waals surface area contributed by atoms with Gasteiger partial charge in [0.25, 0.3) is 0 Å². The predicted octanol–water partition coefficient (Wildman–Crippen LogP) is 8.19. The molecule has 0 saturated heterocycles. The second-order valence-electron chi connectivity index (χ2n) is 13.0. The summed E-state index contributed by atoms with van der Waals surface area (Å²) in [5, 5.41) is 9.68. The van der Waals surface area contributed by atoms with Crippen molar-refractivity contribution in [3.05, 3.63) is 139 Å². The van der Waals surface area contributed by atoms with Gasteiger partial charge in [0, 0.05) is 42.2 Å². The number of H-pyrrole nitrogens is 3. The molecule has 3 heterocycles. The highest BCUT2D eigenvalue weighted by Crippen LogP contribution is 2.30. The SMILES string of the molecule is CCCc1c(Cc2[nH]c(Cc3[nH]c(C(=O)OCc4ccccc4)c(C)c3CCCO)c(CC)c2CC)[nH]c(C(=O)OCc2ccccc2)c1C.